The van der Waals surface area contributed by atoms with Gasteiger partial charge in [0, 0.05) is 11.1 Å². The van der Waals surface area contributed by atoms with Crippen LogP contribution in [-0.2, 0) is 4.79 Å². The fourth-order valence-electron chi connectivity index (χ4n) is 2.42. The molecule has 0 amide bonds. The largest absolute Gasteiger partial charge is 0.288 e. The first-order valence-electron chi connectivity index (χ1n) is 7.65. The van der Waals surface area contributed by atoms with E-state index in [1.54, 1.807) is 24.3 Å². The van der Waals surface area contributed by atoms with Crippen molar-refractivity contribution in [1.29, 1.82) is 0 Å². The Balaban J connectivity index is 2.26. The lowest BCUT2D eigenvalue weighted by atomic mass is 9.84. The van der Waals surface area contributed by atoms with Gasteiger partial charge in [0.2, 0.25) is 11.6 Å². The van der Waals surface area contributed by atoms with Crippen molar-refractivity contribution in [3.05, 3.63) is 70.3 Å². The molecule has 0 bridgehead atoms. The Labute approximate surface area is 136 Å². The van der Waals surface area contributed by atoms with Crippen LogP contribution in [0.25, 0.3) is 0 Å². The summed E-state index contributed by atoms with van der Waals surface area (Å²) in [5.41, 5.74) is 2.77. The smallest absolute Gasteiger partial charge is 0.237 e. The molecule has 23 heavy (non-hydrogen) atoms. The molecule has 1 aromatic carbocycles. The Morgan fingerprint density at radius 2 is 1.52 bits per heavy atom. The normalized spacial score (nSPS) is 16.6. The van der Waals surface area contributed by atoms with Crippen LogP contribution in [0.3, 0.4) is 0 Å². The quantitative estimate of drug-likeness (QED) is 0.361. The van der Waals surface area contributed by atoms with Crippen molar-refractivity contribution < 1.29 is 14.4 Å². The monoisotopic (exact) mass is 308 g/mol. The van der Waals surface area contributed by atoms with E-state index in [0.717, 1.165) is 18.4 Å². The van der Waals surface area contributed by atoms with Crippen molar-refractivity contribution in [2.24, 2.45) is 0 Å². The lowest BCUT2D eigenvalue weighted by molar-refractivity contribution is -0.111. The molecule has 1 aliphatic rings. The van der Waals surface area contributed by atoms with Crippen molar-refractivity contribution in [2.45, 2.75) is 33.6 Å². The molecule has 0 radical (unpaired) electrons. The Morgan fingerprint density at radius 1 is 0.913 bits per heavy atom. The number of rotatable bonds is 4. The second-order valence-electron chi connectivity index (χ2n) is 5.95. The first kappa shape index (κ1) is 16.8. The van der Waals surface area contributed by atoms with E-state index in [1.807, 2.05) is 20.8 Å². The van der Waals surface area contributed by atoms with Crippen LogP contribution >= 0.6 is 0 Å². The Morgan fingerprint density at radius 3 is 2.13 bits per heavy atom. The molecule has 0 N–H and O–H groups in total. The molecule has 0 unspecified atom stereocenters. The zero-order valence-electron chi connectivity index (χ0n) is 13.7. The van der Waals surface area contributed by atoms with Crippen LogP contribution in [0.1, 0.15) is 54.3 Å². The van der Waals surface area contributed by atoms with Crippen molar-refractivity contribution >= 4 is 17.3 Å². The van der Waals surface area contributed by atoms with Crippen LogP contribution in [-0.4, -0.2) is 17.3 Å². The molecule has 0 saturated heterocycles. The van der Waals surface area contributed by atoms with E-state index >= 15 is 0 Å². The molecule has 0 fully saturated rings. The summed E-state index contributed by atoms with van der Waals surface area (Å²) in [7, 11) is 0. The molecule has 0 aliphatic heterocycles. The van der Waals surface area contributed by atoms with Gasteiger partial charge in [0.1, 0.15) is 0 Å². The van der Waals surface area contributed by atoms with Crippen LogP contribution < -0.4 is 0 Å². The summed E-state index contributed by atoms with van der Waals surface area (Å²) in [5, 5.41) is 0. The minimum atomic E-state index is -0.720. The van der Waals surface area contributed by atoms with E-state index in [2.05, 4.69) is 6.08 Å². The van der Waals surface area contributed by atoms with Gasteiger partial charge in [-0.2, -0.15) is 0 Å². The third kappa shape index (κ3) is 3.81. The first-order chi connectivity index (χ1) is 10.9. The van der Waals surface area contributed by atoms with Crippen molar-refractivity contribution in [1.82, 2.24) is 0 Å². The van der Waals surface area contributed by atoms with Crippen molar-refractivity contribution in [3.8, 4) is 0 Å². The Kier molecular flexibility index (Phi) is 5.22. The number of Topliss-reactive ketones (excluding diaryl/α,β-unsaturated/α-hetero) is 3. The molecule has 0 atom stereocenters. The van der Waals surface area contributed by atoms with Gasteiger partial charge in [-0.1, -0.05) is 47.6 Å². The van der Waals surface area contributed by atoms with E-state index in [1.165, 1.54) is 17.7 Å². The third-order valence-corrected chi connectivity index (χ3v) is 3.74. The predicted octanol–water partition coefficient (Wildman–Crippen LogP) is 4.25. The van der Waals surface area contributed by atoms with Crippen LogP contribution in [0.5, 0.6) is 0 Å². The van der Waals surface area contributed by atoms with Crippen LogP contribution in [0.4, 0.5) is 0 Å². The second kappa shape index (κ2) is 7.14. The Bertz CT molecular complexity index is 757. The maximum Gasteiger partial charge on any atom is 0.237 e. The molecule has 0 aromatic heterocycles. The number of hydrogen-bond acceptors (Lipinski definition) is 3. The van der Waals surface area contributed by atoms with E-state index in [4.69, 9.17) is 0 Å². The summed E-state index contributed by atoms with van der Waals surface area (Å²) in [5.74, 6) is -1.71. The summed E-state index contributed by atoms with van der Waals surface area (Å²) >= 11 is 0. The van der Waals surface area contributed by atoms with Gasteiger partial charge in [-0.3, -0.25) is 14.4 Å². The average Bonchev–Trinajstić information content (AvgIpc) is 2.52. The van der Waals surface area contributed by atoms with Gasteiger partial charge in [-0.25, -0.2) is 0 Å². The fraction of sp³-hybridized carbons (Fsp3) is 0.250. The number of fused-ring (bicyclic) bond motifs is 1. The molecular weight excluding hydrogens is 288 g/mol. The Hall–Kier alpha value is -2.55. The predicted molar refractivity (Wildman–Crippen MR) is 90.6 cm³/mol. The van der Waals surface area contributed by atoms with Gasteiger partial charge >= 0.3 is 0 Å². The highest BCUT2D eigenvalue weighted by Gasteiger charge is 2.34. The zero-order valence-corrected chi connectivity index (χ0v) is 13.7. The maximum atomic E-state index is 12.4. The molecule has 1 aliphatic carbocycles. The lowest BCUT2D eigenvalue weighted by Crippen LogP contribution is -2.29. The molecule has 0 heterocycles. The standard InChI is InChI=1S/C20H20O3/c1-13(2)7-6-8-14(3)11-12-17-18(21)15-9-4-5-10-16(15)19(22)20(17)23/h4-5,7,9-12H,6,8H2,1-3H3/b14-11+,17-12-. The van der Waals surface area contributed by atoms with Crippen molar-refractivity contribution in [2.75, 3.05) is 0 Å². The van der Waals surface area contributed by atoms with Crippen molar-refractivity contribution in [3.63, 3.8) is 0 Å². The highest BCUT2D eigenvalue weighted by Crippen LogP contribution is 2.23. The van der Waals surface area contributed by atoms with Gasteiger partial charge in [-0.05, 0) is 39.7 Å². The van der Waals surface area contributed by atoms with E-state index < -0.39 is 11.6 Å². The van der Waals surface area contributed by atoms with Gasteiger partial charge in [0.05, 0.1) is 5.57 Å². The number of benzene rings is 1. The lowest BCUT2D eigenvalue weighted by Gasteiger charge is -2.14. The van der Waals surface area contributed by atoms with Gasteiger partial charge < -0.3 is 0 Å². The topological polar surface area (TPSA) is 51.2 Å². The average molecular weight is 308 g/mol. The van der Waals surface area contributed by atoms with Crippen LogP contribution in [0, 0.1) is 0 Å². The molecule has 0 spiro atoms. The van der Waals surface area contributed by atoms with Crippen LogP contribution in [0.2, 0.25) is 0 Å². The van der Waals surface area contributed by atoms with Gasteiger partial charge in [-0.15, -0.1) is 0 Å². The highest BCUT2D eigenvalue weighted by molar-refractivity contribution is 6.59. The fourth-order valence-corrected chi connectivity index (χ4v) is 2.42. The number of carbonyl (C=O) groups excluding carboxylic acids is 3. The molecule has 0 saturated carbocycles. The minimum Gasteiger partial charge on any atom is -0.288 e. The molecule has 3 heteroatoms. The van der Waals surface area contributed by atoms with Crippen LogP contribution in [0.15, 0.2) is 59.2 Å². The number of ketones is 3. The number of allylic oxidation sites excluding steroid dienone is 6. The molecule has 2 rings (SSSR count). The number of carbonyl (C=O) groups is 3. The van der Waals surface area contributed by atoms with E-state index in [9.17, 15) is 14.4 Å². The summed E-state index contributed by atoms with van der Waals surface area (Å²) in [4.78, 5) is 36.6. The van der Waals surface area contributed by atoms with Gasteiger partial charge in [0.15, 0.2) is 5.78 Å². The van der Waals surface area contributed by atoms with E-state index in [0.29, 0.717) is 5.56 Å². The molecule has 1 aromatic rings. The summed E-state index contributed by atoms with van der Waals surface area (Å²) in [6, 6.07) is 6.45. The molecule has 118 valence electrons. The molecular formula is C20H20O3. The first-order valence-corrected chi connectivity index (χ1v) is 7.65. The summed E-state index contributed by atoms with van der Waals surface area (Å²) in [6.45, 7) is 6.04. The third-order valence-electron chi connectivity index (χ3n) is 3.74. The summed E-state index contributed by atoms with van der Waals surface area (Å²) < 4.78 is 0. The minimum absolute atomic E-state index is 0.0461. The zero-order chi connectivity index (χ0) is 17.0. The summed E-state index contributed by atoms with van der Waals surface area (Å²) in [6.07, 6.45) is 7.14. The second-order valence-corrected chi connectivity index (χ2v) is 5.95. The SMILES string of the molecule is CC(C)=CCC/C(C)=C/C=C1\C(=O)C(=O)c2ccccc2C1=O. The van der Waals surface area contributed by atoms with Gasteiger partial charge in [0.25, 0.3) is 0 Å². The highest BCUT2D eigenvalue weighted by atomic mass is 16.2. The van der Waals surface area contributed by atoms with E-state index in [-0.39, 0.29) is 16.9 Å². The maximum absolute atomic E-state index is 12.4. The number of hydrogen-bond donors (Lipinski definition) is 0. The molecule has 3 nitrogen and oxygen atoms in total.